The summed E-state index contributed by atoms with van der Waals surface area (Å²) in [6.45, 7) is 2.93. The monoisotopic (exact) mass is 468 g/mol. The van der Waals surface area contributed by atoms with Gasteiger partial charge >= 0.3 is 12.1 Å². The molecule has 0 radical (unpaired) electrons. The summed E-state index contributed by atoms with van der Waals surface area (Å²) in [6.07, 6.45) is -4.51. The van der Waals surface area contributed by atoms with Gasteiger partial charge in [-0.2, -0.15) is 13.2 Å². The number of alkyl halides is 3. The van der Waals surface area contributed by atoms with Gasteiger partial charge in [-0.1, -0.05) is 17.8 Å². The van der Waals surface area contributed by atoms with Gasteiger partial charge in [-0.15, -0.1) is 0 Å². The molecule has 2 aromatic carbocycles. The third-order valence-corrected chi connectivity index (χ3v) is 5.73. The zero-order valence-electron chi connectivity index (χ0n) is 17.9. The first-order valence-corrected chi connectivity index (χ1v) is 10.8. The molecule has 1 heterocycles. The average Bonchev–Trinajstić information content (AvgIpc) is 3.12. The first-order chi connectivity index (χ1) is 15.3. The van der Waals surface area contributed by atoms with E-state index in [1.165, 1.54) is 24.9 Å². The van der Waals surface area contributed by atoms with Crippen LogP contribution < -0.4 is 4.74 Å². The highest BCUT2D eigenvalue weighted by Gasteiger charge is 2.34. The van der Waals surface area contributed by atoms with Crippen LogP contribution in [0, 0.1) is 0 Å². The second-order valence-corrected chi connectivity index (χ2v) is 7.73. The van der Waals surface area contributed by atoms with Gasteiger partial charge in [-0.05, 0) is 42.8 Å². The van der Waals surface area contributed by atoms with Crippen molar-refractivity contribution in [2.75, 3.05) is 27.4 Å². The summed E-state index contributed by atoms with van der Waals surface area (Å²) in [4.78, 5) is 16.6. The molecule has 0 N–H and O–H groups in total. The van der Waals surface area contributed by atoms with E-state index in [1.807, 2.05) is 4.57 Å². The normalized spacial score (nSPS) is 11.7. The van der Waals surface area contributed by atoms with Gasteiger partial charge in [0, 0.05) is 19.4 Å². The zero-order chi connectivity index (χ0) is 23.3. The number of fused-ring (bicyclic) bond motifs is 1. The molecule has 0 aliphatic carbocycles. The van der Waals surface area contributed by atoms with Crippen molar-refractivity contribution in [2.24, 2.45) is 0 Å². The van der Waals surface area contributed by atoms with E-state index < -0.39 is 17.7 Å². The second-order valence-electron chi connectivity index (χ2n) is 6.78. The van der Waals surface area contributed by atoms with Crippen LogP contribution in [0.3, 0.4) is 0 Å². The molecule has 0 aliphatic rings. The number of aromatic nitrogens is 2. The van der Waals surface area contributed by atoms with Crippen LogP contribution in [0.25, 0.3) is 11.0 Å². The van der Waals surface area contributed by atoms with E-state index in [9.17, 15) is 18.0 Å². The fourth-order valence-corrected chi connectivity index (χ4v) is 4.16. The molecule has 0 spiro atoms. The van der Waals surface area contributed by atoms with Gasteiger partial charge < -0.3 is 18.8 Å². The number of halogens is 3. The van der Waals surface area contributed by atoms with E-state index in [1.54, 1.807) is 38.3 Å². The highest BCUT2D eigenvalue weighted by molar-refractivity contribution is 7.98. The Labute approximate surface area is 187 Å². The first-order valence-electron chi connectivity index (χ1n) is 9.81. The molecular formula is C22H23F3N2O4S. The summed E-state index contributed by atoms with van der Waals surface area (Å²) in [7, 11) is 2.79. The summed E-state index contributed by atoms with van der Waals surface area (Å²) in [5.74, 6) is -0.383. The number of thioether (sulfide) groups is 1. The lowest BCUT2D eigenvalue weighted by Gasteiger charge is -2.13. The highest BCUT2D eigenvalue weighted by Crippen LogP contribution is 2.38. The summed E-state index contributed by atoms with van der Waals surface area (Å²) in [5, 5.41) is 0.613. The lowest BCUT2D eigenvalue weighted by atomic mass is 10.1. The van der Waals surface area contributed by atoms with E-state index in [0.717, 1.165) is 11.6 Å². The van der Waals surface area contributed by atoms with Gasteiger partial charge in [0.15, 0.2) is 5.16 Å². The molecule has 0 unspecified atom stereocenters. The maximum Gasteiger partial charge on any atom is 0.419 e. The predicted octanol–water partition coefficient (Wildman–Crippen LogP) is 5.18. The first kappa shape index (κ1) is 23.9. The molecule has 0 saturated carbocycles. The SMILES string of the molecule is CCOC(=O)c1ccc2c(c1)nc(SCc1ccc(OC)c(C(F)(F)F)c1)n2CCOC. The highest BCUT2D eigenvalue weighted by atomic mass is 32.2. The van der Waals surface area contributed by atoms with Crippen molar-refractivity contribution < 1.29 is 32.2 Å². The Bertz CT molecular complexity index is 1100. The zero-order valence-corrected chi connectivity index (χ0v) is 18.7. The van der Waals surface area contributed by atoms with Gasteiger partial charge in [0.2, 0.25) is 0 Å². The van der Waals surface area contributed by atoms with Gasteiger partial charge in [-0.25, -0.2) is 9.78 Å². The lowest BCUT2D eigenvalue weighted by molar-refractivity contribution is -0.138. The number of rotatable bonds is 9. The number of carbonyl (C=O) groups is 1. The van der Waals surface area contributed by atoms with Gasteiger partial charge in [0.05, 0.1) is 42.5 Å². The van der Waals surface area contributed by atoms with Gasteiger partial charge in [-0.3, -0.25) is 0 Å². The number of benzene rings is 2. The van der Waals surface area contributed by atoms with Crippen LogP contribution in [0.15, 0.2) is 41.6 Å². The summed E-state index contributed by atoms with van der Waals surface area (Å²) in [5.41, 5.74) is 1.45. The second kappa shape index (κ2) is 10.3. The van der Waals surface area contributed by atoms with Crippen LogP contribution in [0.5, 0.6) is 5.75 Å². The van der Waals surface area contributed by atoms with Crippen LogP contribution in [0.4, 0.5) is 13.2 Å². The molecule has 1 aromatic heterocycles. The lowest BCUT2D eigenvalue weighted by Crippen LogP contribution is -2.08. The number of methoxy groups -OCH3 is 2. The van der Waals surface area contributed by atoms with Crippen molar-refractivity contribution in [3.8, 4) is 5.75 Å². The average molecular weight is 468 g/mol. The molecule has 0 fully saturated rings. The van der Waals surface area contributed by atoms with E-state index in [0.29, 0.717) is 35.0 Å². The molecule has 0 amide bonds. The van der Waals surface area contributed by atoms with E-state index in [2.05, 4.69) is 4.98 Å². The van der Waals surface area contributed by atoms with Crippen molar-refractivity contribution in [1.29, 1.82) is 0 Å². The van der Waals surface area contributed by atoms with Crippen LogP contribution in [-0.2, 0) is 27.9 Å². The quantitative estimate of drug-likeness (QED) is 0.319. The minimum absolute atomic E-state index is 0.218. The Balaban J connectivity index is 1.91. The van der Waals surface area contributed by atoms with E-state index >= 15 is 0 Å². The Morgan fingerprint density at radius 3 is 2.59 bits per heavy atom. The molecule has 0 atom stereocenters. The van der Waals surface area contributed by atoms with Crippen LogP contribution in [-0.4, -0.2) is 43.0 Å². The molecule has 172 valence electrons. The fourth-order valence-electron chi connectivity index (χ4n) is 3.17. The molecule has 0 saturated heterocycles. The van der Waals surface area contributed by atoms with Crippen molar-refractivity contribution in [3.05, 3.63) is 53.1 Å². The summed E-state index contributed by atoms with van der Waals surface area (Å²) >= 11 is 1.31. The summed E-state index contributed by atoms with van der Waals surface area (Å²) < 4.78 is 57.0. The summed E-state index contributed by atoms with van der Waals surface area (Å²) in [6, 6.07) is 9.10. The van der Waals surface area contributed by atoms with Crippen LogP contribution in [0.1, 0.15) is 28.4 Å². The smallest absolute Gasteiger partial charge is 0.419 e. The Kier molecular flexibility index (Phi) is 7.68. The van der Waals surface area contributed by atoms with Gasteiger partial charge in [0.1, 0.15) is 5.75 Å². The molecule has 6 nitrogen and oxygen atoms in total. The Hall–Kier alpha value is -2.72. The van der Waals surface area contributed by atoms with Crippen LogP contribution >= 0.6 is 11.8 Å². The van der Waals surface area contributed by atoms with Crippen molar-refractivity contribution >= 4 is 28.8 Å². The minimum Gasteiger partial charge on any atom is -0.496 e. The molecule has 32 heavy (non-hydrogen) atoms. The number of ether oxygens (including phenoxy) is 3. The number of nitrogens with zero attached hydrogens (tertiary/aromatic N) is 2. The largest absolute Gasteiger partial charge is 0.496 e. The van der Waals surface area contributed by atoms with Crippen LogP contribution in [0.2, 0.25) is 0 Å². The topological polar surface area (TPSA) is 62.6 Å². The molecule has 3 rings (SSSR count). The maximum atomic E-state index is 13.3. The molecular weight excluding hydrogens is 445 g/mol. The minimum atomic E-state index is -4.51. The Morgan fingerprint density at radius 2 is 1.94 bits per heavy atom. The standard InChI is InChI=1S/C22H23F3N2O4S/c1-4-31-20(28)15-6-7-18-17(12-15)26-21(27(18)9-10-29-2)32-13-14-5-8-19(30-3)16(11-14)22(23,24)25/h5-8,11-12H,4,9-10,13H2,1-3H3. The van der Waals surface area contributed by atoms with E-state index in [4.69, 9.17) is 14.2 Å². The molecule has 0 bridgehead atoms. The number of hydrogen-bond donors (Lipinski definition) is 0. The molecule has 0 aliphatic heterocycles. The Morgan fingerprint density at radius 1 is 1.16 bits per heavy atom. The number of imidazole rings is 1. The number of hydrogen-bond acceptors (Lipinski definition) is 6. The number of esters is 1. The third kappa shape index (κ3) is 5.36. The predicted molar refractivity (Wildman–Crippen MR) is 115 cm³/mol. The van der Waals surface area contributed by atoms with Crippen molar-refractivity contribution in [2.45, 2.75) is 30.6 Å². The maximum absolute atomic E-state index is 13.3. The molecule has 3 aromatic rings. The third-order valence-electron chi connectivity index (χ3n) is 4.68. The van der Waals surface area contributed by atoms with Crippen molar-refractivity contribution in [1.82, 2.24) is 9.55 Å². The number of carbonyl (C=O) groups excluding carboxylic acids is 1. The van der Waals surface area contributed by atoms with Gasteiger partial charge in [0.25, 0.3) is 0 Å². The van der Waals surface area contributed by atoms with E-state index in [-0.39, 0.29) is 18.1 Å². The molecule has 10 heteroatoms. The fraction of sp³-hybridized carbons (Fsp3) is 0.364. The van der Waals surface area contributed by atoms with Crippen molar-refractivity contribution in [3.63, 3.8) is 0 Å².